The summed E-state index contributed by atoms with van der Waals surface area (Å²) in [6, 6.07) is 9.44. The summed E-state index contributed by atoms with van der Waals surface area (Å²) >= 11 is 0. The van der Waals surface area contributed by atoms with Crippen molar-refractivity contribution in [1.29, 1.82) is 0 Å². The van der Waals surface area contributed by atoms with Crippen molar-refractivity contribution in [3.05, 3.63) is 54.5 Å². The molecule has 1 N–H and O–H groups in total. The maximum absolute atomic E-state index is 12.7. The zero-order valence-electron chi connectivity index (χ0n) is 14.1. The first-order valence-electron chi connectivity index (χ1n) is 8.56. The van der Waals surface area contributed by atoms with Crippen molar-refractivity contribution >= 4 is 22.6 Å². The number of carbonyl (C=O) groups is 2. The number of fused-ring (bicyclic) bond motifs is 1. The van der Waals surface area contributed by atoms with Gasteiger partial charge in [0, 0.05) is 36.0 Å². The van der Waals surface area contributed by atoms with Crippen LogP contribution in [0.4, 0.5) is 0 Å². The largest absolute Gasteiger partial charge is 0.458 e. The molecule has 1 atom stereocenters. The number of nitrogens with one attached hydrogen (secondary N) is 1. The molecule has 1 saturated heterocycles. The topological polar surface area (TPSA) is 88.2 Å². The van der Waals surface area contributed by atoms with Gasteiger partial charge in [0.2, 0.25) is 0 Å². The third-order valence-corrected chi connectivity index (χ3v) is 4.51. The maximum Gasteiger partial charge on any atom is 0.316 e. The molecule has 0 saturated carbocycles. The number of nitrogens with zero attached hydrogens (tertiary/aromatic N) is 3. The number of hydrogen-bond acceptors (Lipinski definition) is 5. The number of piperidine rings is 1. The van der Waals surface area contributed by atoms with Crippen LogP contribution in [-0.2, 0) is 4.79 Å². The molecule has 132 valence electrons. The summed E-state index contributed by atoms with van der Waals surface area (Å²) in [4.78, 5) is 38.1. The van der Waals surface area contributed by atoms with Gasteiger partial charge in [-0.2, -0.15) is 0 Å². The van der Waals surface area contributed by atoms with Gasteiger partial charge in [-0.15, -0.1) is 0 Å². The van der Waals surface area contributed by atoms with E-state index in [0.29, 0.717) is 18.7 Å². The standard InChI is InChI=1S/C19H18N4O3/c24-17(15-11-22-16-7-2-1-6-14(15)16)18(25)23-10-3-5-13(12-23)26-19-20-8-4-9-21-19/h1-2,4,6-9,11,13,22H,3,5,10,12H2. The van der Waals surface area contributed by atoms with Gasteiger partial charge in [0.05, 0.1) is 12.1 Å². The van der Waals surface area contributed by atoms with E-state index in [1.165, 1.54) is 0 Å². The fourth-order valence-corrected chi connectivity index (χ4v) is 3.23. The van der Waals surface area contributed by atoms with Gasteiger partial charge in [-0.05, 0) is 25.0 Å². The van der Waals surface area contributed by atoms with Crippen LogP contribution in [0.15, 0.2) is 48.9 Å². The molecular formula is C19H18N4O3. The second-order valence-corrected chi connectivity index (χ2v) is 6.24. The lowest BCUT2D eigenvalue weighted by atomic mass is 10.0. The van der Waals surface area contributed by atoms with Crippen LogP contribution < -0.4 is 4.74 Å². The molecule has 0 bridgehead atoms. The van der Waals surface area contributed by atoms with Crippen LogP contribution in [-0.4, -0.2) is 50.7 Å². The number of Topliss-reactive ketones (excluding diaryl/α,β-unsaturated/α-hetero) is 1. The fraction of sp³-hybridized carbons (Fsp3) is 0.263. The average molecular weight is 350 g/mol. The predicted octanol–water partition coefficient (Wildman–Crippen LogP) is 2.21. The highest BCUT2D eigenvalue weighted by Crippen LogP contribution is 2.21. The van der Waals surface area contributed by atoms with E-state index in [2.05, 4.69) is 15.0 Å². The van der Waals surface area contributed by atoms with Gasteiger partial charge in [-0.25, -0.2) is 9.97 Å². The molecule has 1 aliphatic rings. The van der Waals surface area contributed by atoms with Crippen molar-refractivity contribution in [2.75, 3.05) is 13.1 Å². The summed E-state index contributed by atoms with van der Waals surface area (Å²) in [6.45, 7) is 0.896. The summed E-state index contributed by atoms with van der Waals surface area (Å²) < 4.78 is 5.74. The van der Waals surface area contributed by atoms with E-state index >= 15 is 0 Å². The Morgan fingerprint density at radius 2 is 1.96 bits per heavy atom. The summed E-state index contributed by atoms with van der Waals surface area (Å²) in [5.41, 5.74) is 1.24. The molecule has 7 nitrogen and oxygen atoms in total. The molecule has 1 aromatic carbocycles. The zero-order chi connectivity index (χ0) is 17.9. The van der Waals surface area contributed by atoms with Crippen molar-refractivity contribution in [2.45, 2.75) is 18.9 Å². The lowest BCUT2D eigenvalue weighted by molar-refractivity contribution is -0.129. The molecule has 1 aliphatic heterocycles. The zero-order valence-corrected chi connectivity index (χ0v) is 14.1. The highest BCUT2D eigenvalue weighted by Gasteiger charge is 2.30. The molecule has 7 heteroatoms. The fourth-order valence-electron chi connectivity index (χ4n) is 3.23. The Labute approximate surface area is 150 Å². The summed E-state index contributed by atoms with van der Waals surface area (Å²) in [5.74, 6) is -1.00. The van der Waals surface area contributed by atoms with E-state index in [1.54, 1.807) is 29.6 Å². The number of ketones is 1. The van der Waals surface area contributed by atoms with Crippen molar-refractivity contribution in [1.82, 2.24) is 19.9 Å². The quantitative estimate of drug-likeness (QED) is 0.576. The molecule has 26 heavy (non-hydrogen) atoms. The summed E-state index contributed by atoms with van der Waals surface area (Å²) in [6.07, 6.45) is 6.16. The molecule has 1 amide bonds. The number of rotatable bonds is 4. The molecule has 4 rings (SSSR count). The molecule has 0 spiro atoms. The maximum atomic E-state index is 12.7. The Bertz CT molecular complexity index is 938. The lowest BCUT2D eigenvalue weighted by Gasteiger charge is -2.31. The number of para-hydroxylation sites is 1. The number of ether oxygens (including phenoxy) is 1. The first-order valence-corrected chi connectivity index (χ1v) is 8.56. The highest BCUT2D eigenvalue weighted by molar-refractivity contribution is 6.44. The number of H-pyrrole nitrogens is 1. The van der Waals surface area contributed by atoms with Crippen LogP contribution >= 0.6 is 0 Å². The van der Waals surface area contributed by atoms with Gasteiger partial charge in [0.1, 0.15) is 6.10 Å². The highest BCUT2D eigenvalue weighted by atomic mass is 16.5. The normalized spacial score (nSPS) is 17.2. The molecule has 1 unspecified atom stereocenters. The SMILES string of the molecule is O=C(C(=O)N1CCCC(Oc2ncccn2)C1)c1c[nH]c2ccccc12. The summed E-state index contributed by atoms with van der Waals surface area (Å²) in [5, 5.41) is 0.758. The van der Waals surface area contributed by atoms with Crippen molar-refractivity contribution in [2.24, 2.45) is 0 Å². The van der Waals surface area contributed by atoms with Crippen molar-refractivity contribution in [3.8, 4) is 6.01 Å². The lowest BCUT2D eigenvalue weighted by Crippen LogP contribution is -2.47. The van der Waals surface area contributed by atoms with Gasteiger partial charge in [0.15, 0.2) is 0 Å². The Hall–Kier alpha value is -3.22. The van der Waals surface area contributed by atoms with E-state index in [-0.39, 0.29) is 12.1 Å². The third kappa shape index (κ3) is 3.15. The van der Waals surface area contributed by atoms with Gasteiger partial charge in [-0.1, -0.05) is 18.2 Å². The van der Waals surface area contributed by atoms with E-state index in [0.717, 1.165) is 23.7 Å². The minimum absolute atomic E-state index is 0.217. The Balaban J connectivity index is 1.48. The van der Waals surface area contributed by atoms with Crippen LogP contribution in [0.3, 0.4) is 0 Å². The van der Waals surface area contributed by atoms with Gasteiger partial charge in [-0.3, -0.25) is 9.59 Å². The Morgan fingerprint density at radius 1 is 1.15 bits per heavy atom. The smallest absolute Gasteiger partial charge is 0.316 e. The number of likely N-dealkylation sites (tertiary alicyclic amines) is 1. The number of carbonyl (C=O) groups excluding carboxylic acids is 2. The number of benzene rings is 1. The molecule has 2 aromatic heterocycles. The molecule has 3 heterocycles. The molecular weight excluding hydrogens is 332 g/mol. The van der Waals surface area contributed by atoms with Crippen molar-refractivity contribution in [3.63, 3.8) is 0 Å². The Kier molecular flexibility index (Phi) is 4.35. The third-order valence-electron chi connectivity index (χ3n) is 4.51. The van der Waals surface area contributed by atoms with Crippen molar-refractivity contribution < 1.29 is 14.3 Å². The number of aromatic amines is 1. The first-order chi connectivity index (χ1) is 12.7. The van der Waals surface area contributed by atoms with Crippen LogP contribution in [0.1, 0.15) is 23.2 Å². The van der Waals surface area contributed by atoms with Gasteiger partial charge < -0.3 is 14.6 Å². The number of amides is 1. The van der Waals surface area contributed by atoms with Crippen LogP contribution in [0.2, 0.25) is 0 Å². The van der Waals surface area contributed by atoms with Gasteiger partial charge in [0.25, 0.3) is 11.7 Å². The minimum Gasteiger partial charge on any atom is -0.458 e. The monoisotopic (exact) mass is 350 g/mol. The van der Waals surface area contributed by atoms with Crippen LogP contribution in [0.5, 0.6) is 6.01 Å². The van der Waals surface area contributed by atoms with Crippen LogP contribution in [0, 0.1) is 0 Å². The van der Waals surface area contributed by atoms with Crippen LogP contribution in [0.25, 0.3) is 10.9 Å². The summed E-state index contributed by atoms with van der Waals surface area (Å²) in [7, 11) is 0. The predicted molar refractivity (Wildman–Crippen MR) is 94.9 cm³/mol. The van der Waals surface area contributed by atoms with Gasteiger partial charge >= 0.3 is 6.01 Å². The first kappa shape index (κ1) is 16.3. The van der Waals surface area contributed by atoms with E-state index in [1.807, 2.05) is 24.3 Å². The Morgan fingerprint density at radius 3 is 2.81 bits per heavy atom. The second kappa shape index (κ2) is 6.95. The number of hydrogen-bond donors (Lipinski definition) is 1. The minimum atomic E-state index is -0.503. The molecule has 0 radical (unpaired) electrons. The molecule has 3 aromatic rings. The average Bonchev–Trinajstić information content (AvgIpc) is 3.12. The molecule has 1 fully saturated rings. The molecule has 0 aliphatic carbocycles. The number of aromatic nitrogens is 3. The van der Waals surface area contributed by atoms with E-state index in [4.69, 9.17) is 4.74 Å². The van der Waals surface area contributed by atoms with E-state index < -0.39 is 11.7 Å². The van der Waals surface area contributed by atoms with E-state index in [9.17, 15) is 9.59 Å². The second-order valence-electron chi connectivity index (χ2n) is 6.24.